The minimum Gasteiger partial charge on any atom is -0.484 e. The lowest BCUT2D eigenvalue weighted by Crippen LogP contribution is -2.46. The Labute approximate surface area is 181 Å². The van der Waals surface area contributed by atoms with Gasteiger partial charge in [0.15, 0.2) is 6.61 Å². The number of likely N-dealkylation sites (N-methyl/N-ethyl adjacent to an activating group) is 1. The highest BCUT2D eigenvalue weighted by atomic mass is 16.5. The summed E-state index contributed by atoms with van der Waals surface area (Å²) in [6, 6.07) is 14.2. The Morgan fingerprint density at radius 2 is 1.70 bits per heavy atom. The Balaban J connectivity index is 1.53. The van der Waals surface area contributed by atoms with Crippen molar-refractivity contribution >= 4 is 17.3 Å². The van der Waals surface area contributed by atoms with E-state index in [9.17, 15) is 4.79 Å². The van der Waals surface area contributed by atoms with Crippen LogP contribution in [0.2, 0.25) is 0 Å². The number of hydrogen-bond acceptors (Lipinski definition) is 4. The quantitative estimate of drug-likeness (QED) is 0.765. The van der Waals surface area contributed by atoms with Crippen molar-refractivity contribution in [1.82, 2.24) is 4.90 Å². The van der Waals surface area contributed by atoms with Gasteiger partial charge in [-0.1, -0.05) is 39.8 Å². The summed E-state index contributed by atoms with van der Waals surface area (Å²) in [5, 5.41) is 2.97. The normalized spacial score (nSPS) is 15.2. The molecule has 1 saturated heterocycles. The molecule has 0 atom stereocenters. The van der Waals surface area contributed by atoms with E-state index in [0.717, 1.165) is 44.0 Å². The van der Waals surface area contributed by atoms with Crippen LogP contribution >= 0.6 is 0 Å². The molecule has 30 heavy (non-hydrogen) atoms. The van der Waals surface area contributed by atoms with Gasteiger partial charge in [-0.25, -0.2) is 0 Å². The SMILES string of the molecule is CCN1CCN(c2ccc(NC(=O)COc3ccc(C(C)(C)C)cc3)c(C)c2)CC1. The molecular weight excluding hydrogens is 374 g/mol. The first-order valence-electron chi connectivity index (χ1n) is 10.9. The number of rotatable bonds is 6. The zero-order valence-electron chi connectivity index (χ0n) is 19.0. The number of ether oxygens (including phenoxy) is 1. The molecule has 2 aromatic carbocycles. The molecule has 162 valence electrons. The van der Waals surface area contributed by atoms with Gasteiger partial charge < -0.3 is 19.9 Å². The number of nitrogens with zero attached hydrogens (tertiary/aromatic N) is 2. The molecule has 1 fully saturated rings. The summed E-state index contributed by atoms with van der Waals surface area (Å²) < 4.78 is 5.66. The zero-order valence-corrected chi connectivity index (χ0v) is 19.0. The fraction of sp³-hybridized carbons (Fsp3) is 0.480. The molecule has 1 amide bonds. The predicted molar refractivity (Wildman–Crippen MR) is 125 cm³/mol. The molecule has 3 rings (SSSR count). The Bertz CT molecular complexity index is 848. The van der Waals surface area contributed by atoms with Crippen molar-refractivity contribution in [3.63, 3.8) is 0 Å². The first kappa shape index (κ1) is 22.2. The summed E-state index contributed by atoms with van der Waals surface area (Å²) in [7, 11) is 0. The molecule has 0 bridgehead atoms. The van der Waals surface area contributed by atoms with Gasteiger partial charge >= 0.3 is 0 Å². The van der Waals surface area contributed by atoms with Crippen molar-refractivity contribution in [2.24, 2.45) is 0 Å². The molecule has 0 spiro atoms. The van der Waals surface area contributed by atoms with Crippen LogP contribution in [0, 0.1) is 6.92 Å². The van der Waals surface area contributed by atoms with E-state index in [0.29, 0.717) is 5.75 Å². The van der Waals surface area contributed by atoms with Crippen LogP contribution in [0.5, 0.6) is 5.75 Å². The van der Waals surface area contributed by atoms with Crippen molar-refractivity contribution in [3.8, 4) is 5.75 Å². The van der Waals surface area contributed by atoms with Crippen molar-refractivity contribution in [3.05, 3.63) is 53.6 Å². The Hall–Kier alpha value is -2.53. The second kappa shape index (κ2) is 9.52. The first-order valence-corrected chi connectivity index (χ1v) is 10.9. The van der Waals surface area contributed by atoms with Crippen molar-refractivity contribution in [2.75, 3.05) is 49.5 Å². The minimum absolute atomic E-state index is 0.00493. The molecule has 1 heterocycles. The fourth-order valence-electron chi connectivity index (χ4n) is 3.69. The molecule has 2 aromatic rings. The monoisotopic (exact) mass is 409 g/mol. The average Bonchev–Trinajstić information content (AvgIpc) is 2.73. The summed E-state index contributed by atoms with van der Waals surface area (Å²) in [5.74, 6) is 0.554. The highest BCUT2D eigenvalue weighted by Gasteiger charge is 2.17. The molecule has 0 unspecified atom stereocenters. The second-order valence-electron chi connectivity index (χ2n) is 9.03. The number of amides is 1. The summed E-state index contributed by atoms with van der Waals surface area (Å²) in [4.78, 5) is 17.2. The van der Waals surface area contributed by atoms with Crippen LogP contribution in [0.15, 0.2) is 42.5 Å². The number of hydrogen-bond donors (Lipinski definition) is 1. The average molecular weight is 410 g/mol. The second-order valence-corrected chi connectivity index (χ2v) is 9.03. The summed E-state index contributed by atoms with van der Waals surface area (Å²) in [6.45, 7) is 16.2. The van der Waals surface area contributed by atoms with Crippen LogP contribution in [0.1, 0.15) is 38.8 Å². The van der Waals surface area contributed by atoms with E-state index in [1.54, 1.807) is 0 Å². The minimum atomic E-state index is -0.151. The Morgan fingerprint density at radius 1 is 1.03 bits per heavy atom. The zero-order chi connectivity index (χ0) is 21.7. The van der Waals surface area contributed by atoms with Gasteiger partial charge in [0.25, 0.3) is 5.91 Å². The number of piperazine rings is 1. The Kier molecular flexibility index (Phi) is 7.03. The number of aryl methyl sites for hydroxylation is 1. The summed E-state index contributed by atoms with van der Waals surface area (Å²) in [5.41, 5.74) is 4.46. The molecule has 0 aromatic heterocycles. The van der Waals surface area contributed by atoms with Gasteiger partial charge in [0.2, 0.25) is 0 Å². The number of anilines is 2. The predicted octanol–water partition coefficient (Wildman–Crippen LogP) is 4.45. The lowest BCUT2D eigenvalue weighted by atomic mass is 9.87. The van der Waals surface area contributed by atoms with E-state index < -0.39 is 0 Å². The maximum absolute atomic E-state index is 12.4. The van der Waals surface area contributed by atoms with E-state index in [4.69, 9.17) is 4.74 Å². The van der Waals surface area contributed by atoms with Crippen molar-refractivity contribution < 1.29 is 9.53 Å². The van der Waals surface area contributed by atoms with E-state index >= 15 is 0 Å². The van der Waals surface area contributed by atoms with Gasteiger partial charge in [-0.3, -0.25) is 4.79 Å². The Morgan fingerprint density at radius 3 is 2.27 bits per heavy atom. The third-order valence-electron chi connectivity index (χ3n) is 5.76. The topological polar surface area (TPSA) is 44.8 Å². The van der Waals surface area contributed by atoms with Crippen LogP contribution in [0.25, 0.3) is 0 Å². The molecule has 1 aliphatic heterocycles. The van der Waals surface area contributed by atoms with Gasteiger partial charge in [0, 0.05) is 37.6 Å². The smallest absolute Gasteiger partial charge is 0.262 e. The van der Waals surface area contributed by atoms with E-state index in [2.05, 4.69) is 67.1 Å². The third-order valence-corrected chi connectivity index (χ3v) is 5.76. The number of carbonyl (C=O) groups excluding carboxylic acids is 1. The standard InChI is InChI=1S/C25H35N3O2/c1-6-27-13-15-28(16-14-27)21-9-12-23(19(2)17-21)26-24(29)18-30-22-10-7-20(8-11-22)25(3,4)5/h7-12,17H,6,13-16,18H2,1-5H3,(H,26,29). The molecule has 0 radical (unpaired) electrons. The third kappa shape index (κ3) is 5.76. The van der Waals surface area contributed by atoms with E-state index in [1.165, 1.54) is 11.3 Å². The summed E-state index contributed by atoms with van der Waals surface area (Å²) in [6.07, 6.45) is 0. The molecule has 0 aliphatic carbocycles. The van der Waals surface area contributed by atoms with Crippen LogP contribution in [0.3, 0.4) is 0 Å². The first-order chi connectivity index (χ1) is 14.3. The van der Waals surface area contributed by atoms with Crippen molar-refractivity contribution in [2.45, 2.75) is 40.0 Å². The van der Waals surface area contributed by atoms with Crippen LogP contribution in [-0.4, -0.2) is 50.1 Å². The lowest BCUT2D eigenvalue weighted by Gasteiger charge is -2.35. The molecule has 1 N–H and O–H groups in total. The van der Waals surface area contributed by atoms with Gasteiger partial charge in [0.1, 0.15) is 5.75 Å². The molecular formula is C25H35N3O2. The maximum atomic E-state index is 12.4. The van der Waals surface area contributed by atoms with Gasteiger partial charge in [0.05, 0.1) is 0 Å². The molecule has 1 aliphatic rings. The number of benzene rings is 2. The van der Waals surface area contributed by atoms with E-state index in [1.807, 2.05) is 25.1 Å². The van der Waals surface area contributed by atoms with Crippen molar-refractivity contribution in [1.29, 1.82) is 0 Å². The maximum Gasteiger partial charge on any atom is 0.262 e. The van der Waals surface area contributed by atoms with Crippen LogP contribution in [-0.2, 0) is 10.2 Å². The van der Waals surface area contributed by atoms with Crippen LogP contribution in [0.4, 0.5) is 11.4 Å². The lowest BCUT2D eigenvalue weighted by molar-refractivity contribution is -0.118. The summed E-state index contributed by atoms with van der Waals surface area (Å²) >= 11 is 0. The largest absolute Gasteiger partial charge is 0.484 e. The van der Waals surface area contributed by atoms with Gasteiger partial charge in [-0.05, 0) is 60.3 Å². The van der Waals surface area contributed by atoms with Gasteiger partial charge in [-0.2, -0.15) is 0 Å². The molecule has 0 saturated carbocycles. The van der Waals surface area contributed by atoms with Crippen LogP contribution < -0.4 is 15.0 Å². The highest BCUT2D eigenvalue weighted by molar-refractivity contribution is 5.92. The number of carbonyl (C=O) groups is 1. The molecule has 5 heteroatoms. The molecule has 5 nitrogen and oxygen atoms in total. The van der Waals surface area contributed by atoms with Gasteiger partial charge in [-0.15, -0.1) is 0 Å². The highest BCUT2D eigenvalue weighted by Crippen LogP contribution is 2.25. The number of nitrogens with one attached hydrogen (secondary N) is 1. The van der Waals surface area contributed by atoms with E-state index in [-0.39, 0.29) is 17.9 Å². The fourth-order valence-corrected chi connectivity index (χ4v) is 3.69.